The van der Waals surface area contributed by atoms with Gasteiger partial charge < -0.3 is 10.3 Å². The number of urea groups is 1. The van der Waals surface area contributed by atoms with Crippen molar-refractivity contribution in [3.63, 3.8) is 0 Å². The minimum atomic E-state index is -0.131. The fourth-order valence-corrected chi connectivity index (χ4v) is 1.44. The number of anilines is 1. The number of hydrogen-bond donors (Lipinski definition) is 2. The molecule has 6 nitrogen and oxygen atoms in total. The summed E-state index contributed by atoms with van der Waals surface area (Å²) in [4.78, 5) is 23.9. The predicted octanol–water partition coefficient (Wildman–Crippen LogP) is 0.445. The first-order chi connectivity index (χ1) is 6.86. The van der Waals surface area contributed by atoms with Gasteiger partial charge in [0.15, 0.2) is 5.82 Å². The smallest absolute Gasteiger partial charge is 0.326 e. The first-order valence-corrected chi connectivity index (χ1v) is 4.20. The highest BCUT2D eigenvalue weighted by molar-refractivity contribution is 6.02. The summed E-state index contributed by atoms with van der Waals surface area (Å²) in [6.07, 6.45) is 3.25. The maximum Gasteiger partial charge on any atom is 0.326 e. The third-order valence-electron chi connectivity index (χ3n) is 2.21. The van der Waals surface area contributed by atoms with Crippen LogP contribution in [0.15, 0.2) is 18.6 Å². The minimum Gasteiger partial charge on any atom is -0.344 e. The van der Waals surface area contributed by atoms with E-state index in [0.717, 1.165) is 11.0 Å². The molecule has 2 amide bonds. The molecule has 1 aliphatic rings. The van der Waals surface area contributed by atoms with Crippen LogP contribution in [0.5, 0.6) is 0 Å². The van der Waals surface area contributed by atoms with Crippen molar-refractivity contribution in [3.8, 4) is 0 Å². The Kier molecular flexibility index (Phi) is 1.27. The second kappa shape index (κ2) is 2.44. The zero-order valence-electron chi connectivity index (χ0n) is 7.19. The van der Waals surface area contributed by atoms with E-state index >= 15 is 0 Å². The maximum atomic E-state index is 11.1. The molecule has 2 N–H and O–H groups in total. The molecule has 0 atom stereocenters. The number of imidazole rings is 1. The van der Waals surface area contributed by atoms with Crippen molar-refractivity contribution in [3.05, 3.63) is 18.6 Å². The summed E-state index contributed by atoms with van der Waals surface area (Å²) in [6.45, 7) is 0.498. The van der Waals surface area contributed by atoms with Crippen LogP contribution in [0.3, 0.4) is 0 Å². The number of amides is 2. The van der Waals surface area contributed by atoms with Gasteiger partial charge in [-0.05, 0) is 6.07 Å². The summed E-state index contributed by atoms with van der Waals surface area (Å²) in [5.41, 5.74) is 1.61. The number of aromatic amines is 1. The van der Waals surface area contributed by atoms with Crippen molar-refractivity contribution < 1.29 is 4.79 Å². The van der Waals surface area contributed by atoms with Gasteiger partial charge >= 0.3 is 6.03 Å². The molecule has 70 valence electrons. The van der Waals surface area contributed by atoms with Gasteiger partial charge in [0.1, 0.15) is 12.2 Å². The van der Waals surface area contributed by atoms with Gasteiger partial charge in [0.25, 0.3) is 0 Å². The van der Waals surface area contributed by atoms with Gasteiger partial charge in [-0.1, -0.05) is 0 Å². The number of nitrogens with zero attached hydrogens (tertiary/aromatic N) is 3. The number of carbonyl (C=O) groups excluding carboxylic acids is 1. The summed E-state index contributed by atoms with van der Waals surface area (Å²) in [7, 11) is 0. The van der Waals surface area contributed by atoms with Gasteiger partial charge in [-0.3, -0.25) is 4.90 Å². The summed E-state index contributed by atoms with van der Waals surface area (Å²) < 4.78 is 0. The van der Waals surface area contributed by atoms with Crippen LogP contribution >= 0.6 is 0 Å². The Morgan fingerprint density at radius 1 is 1.43 bits per heavy atom. The molecule has 0 aliphatic carbocycles. The molecular weight excluding hydrogens is 182 g/mol. The molecule has 0 unspecified atom stereocenters. The molecule has 1 fully saturated rings. The summed E-state index contributed by atoms with van der Waals surface area (Å²) >= 11 is 0. The van der Waals surface area contributed by atoms with Crippen LogP contribution in [0, 0.1) is 0 Å². The predicted molar refractivity (Wildman–Crippen MR) is 49.8 cm³/mol. The fraction of sp³-hybridized carbons (Fsp3) is 0.125. The summed E-state index contributed by atoms with van der Waals surface area (Å²) in [5, 5.41) is 2.62. The topological polar surface area (TPSA) is 73.9 Å². The molecule has 2 aromatic rings. The number of hydrogen-bond acceptors (Lipinski definition) is 3. The van der Waals surface area contributed by atoms with Crippen LogP contribution < -0.4 is 10.2 Å². The third-order valence-corrected chi connectivity index (χ3v) is 2.21. The summed E-state index contributed by atoms with van der Waals surface area (Å²) in [5.74, 6) is 0.604. The van der Waals surface area contributed by atoms with Gasteiger partial charge in [0.2, 0.25) is 0 Å². The number of carbonyl (C=O) groups is 1. The van der Waals surface area contributed by atoms with Gasteiger partial charge in [-0.2, -0.15) is 0 Å². The van der Waals surface area contributed by atoms with E-state index in [0.29, 0.717) is 12.5 Å². The van der Waals surface area contributed by atoms with Crippen LogP contribution in [0.2, 0.25) is 0 Å². The van der Waals surface area contributed by atoms with E-state index in [1.54, 1.807) is 17.4 Å². The lowest BCUT2D eigenvalue weighted by Gasteiger charge is -2.30. The monoisotopic (exact) mass is 189 g/mol. The normalized spacial score (nSPS) is 15.4. The SMILES string of the molecule is O=C1NCN1c1nccc2[nH]cnc12. The lowest BCUT2D eigenvalue weighted by Crippen LogP contribution is -2.57. The Balaban J connectivity index is 2.20. The Bertz CT molecular complexity index is 505. The largest absolute Gasteiger partial charge is 0.344 e. The highest BCUT2D eigenvalue weighted by Crippen LogP contribution is 2.22. The second-order valence-electron chi connectivity index (χ2n) is 3.00. The highest BCUT2D eigenvalue weighted by atomic mass is 16.2. The van der Waals surface area contributed by atoms with E-state index in [4.69, 9.17) is 0 Å². The van der Waals surface area contributed by atoms with Crippen LogP contribution in [-0.4, -0.2) is 27.7 Å². The third kappa shape index (κ3) is 0.819. The van der Waals surface area contributed by atoms with Gasteiger partial charge in [-0.25, -0.2) is 14.8 Å². The number of H-pyrrole nitrogens is 1. The van der Waals surface area contributed by atoms with E-state index in [9.17, 15) is 4.79 Å². The Morgan fingerprint density at radius 2 is 2.36 bits per heavy atom. The average Bonchev–Trinajstić information content (AvgIpc) is 2.64. The molecule has 0 spiro atoms. The van der Waals surface area contributed by atoms with Crippen LogP contribution in [0.25, 0.3) is 11.0 Å². The van der Waals surface area contributed by atoms with Crippen molar-refractivity contribution in [2.45, 2.75) is 0 Å². The molecule has 0 saturated carbocycles. The van der Waals surface area contributed by atoms with Crippen molar-refractivity contribution in [2.24, 2.45) is 0 Å². The zero-order valence-corrected chi connectivity index (χ0v) is 7.19. The fourth-order valence-electron chi connectivity index (χ4n) is 1.44. The van der Waals surface area contributed by atoms with Crippen LogP contribution in [-0.2, 0) is 0 Å². The molecule has 0 bridgehead atoms. The van der Waals surface area contributed by atoms with Crippen molar-refractivity contribution in [2.75, 3.05) is 11.6 Å². The minimum absolute atomic E-state index is 0.131. The molecule has 1 saturated heterocycles. The quantitative estimate of drug-likeness (QED) is 0.683. The first-order valence-electron chi connectivity index (χ1n) is 4.20. The van der Waals surface area contributed by atoms with E-state index in [2.05, 4.69) is 20.3 Å². The molecule has 0 radical (unpaired) electrons. The molecule has 0 aromatic carbocycles. The zero-order chi connectivity index (χ0) is 9.54. The average molecular weight is 189 g/mol. The van der Waals surface area contributed by atoms with E-state index in [1.807, 2.05) is 6.07 Å². The van der Waals surface area contributed by atoms with Crippen molar-refractivity contribution >= 4 is 22.9 Å². The Hall–Kier alpha value is -2.11. The van der Waals surface area contributed by atoms with Gasteiger partial charge in [-0.15, -0.1) is 0 Å². The molecular formula is C8H7N5O. The molecule has 6 heteroatoms. The summed E-state index contributed by atoms with van der Waals surface area (Å²) in [6, 6.07) is 1.69. The van der Waals surface area contributed by atoms with Gasteiger partial charge in [0, 0.05) is 6.20 Å². The molecule has 14 heavy (non-hydrogen) atoms. The molecule has 2 aromatic heterocycles. The van der Waals surface area contributed by atoms with E-state index in [1.165, 1.54) is 0 Å². The number of fused-ring (bicyclic) bond motifs is 1. The highest BCUT2D eigenvalue weighted by Gasteiger charge is 2.27. The van der Waals surface area contributed by atoms with Crippen LogP contribution in [0.1, 0.15) is 0 Å². The van der Waals surface area contributed by atoms with Crippen molar-refractivity contribution in [1.82, 2.24) is 20.3 Å². The van der Waals surface area contributed by atoms with Crippen molar-refractivity contribution in [1.29, 1.82) is 0 Å². The number of pyridine rings is 1. The Labute approximate surface area is 79.0 Å². The van der Waals surface area contributed by atoms with Crippen LogP contribution in [0.4, 0.5) is 10.6 Å². The molecule has 3 rings (SSSR count). The number of aromatic nitrogens is 3. The molecule has 1 aliphatic heterocycles. The number of rotatable bonds is 1. The van der Waals surface area contributed by atoms with Gasteiger partial charge in [0.05, 0.1) is 11.8 Å². The number of nitrogens with one attached hydrogen (secondary N) is 2. The lowest BCUT2D eigenvalue weighted by molar-refractivity contribution is 0.235. The maximum absolute atomic E-state index is 11.1. The second-order valence-corrected chi connectivity index (χ2v) is 3.00. The standard InChI is InChI=1S/C8H7N5O/c14-8-12-4-13(8)7-6-5(1-2-9-7)10-3-11-6/h1-3H,4H2,(H,10,11)(H,12,14). The lowest BCUT2D eigenvalue weighted by atomic mass is 10.3. The van der Waals surface area contributed by atoms with E-state index < -0.39 is 0 Å². The first kappa shape index (κ1) is 7.31. The Morgan fingerprint density at radius 3 is 3.07 bits per heavy atom. The van der Waals surface area contributed by atoms with E-state index in [-0.39, 0.29) is 6.03 Å². The molecule has 3 heterocycles.